The van der Waals surface area contributed by atoms with Gasteiger partial charge in [0, 0.05) is 5.39 Å². The van der Waals surface area contributed by atoms with Gasteiger partial charge in [0.1, 0.15) is 17.4 Å². The van der Waals surface area contributed by atoms with Crippen molar-refractivity contribution in [2.75, 3.05) is 0 Å². The molecule has 1 aromatic carbocycles. The normalized spacial score (nSPS) is 13.3. The summed E-state index contributed by atoms with van der Waals surface area (Å²) in [4.78, 5) is 0. The van der Waals surface area contributed by atoms with E-state index in [1.54, 1.807) is 0 Å². The number of aliphatic hydroxyl groups excluding tert-OH is 1. The number of aryl methyl sites for hydroxylation is 1. The number of rotatable bonds is 3. The van der Waals surface area contributed by atoms with Gasteiger partial charge >= 0.3 is 0 Å². The van der Waals surface area contributed by atoms with Crippen molar-refractivity contribution in [3.05, 3.63) is 35.6 Å². The average molecular weight is 204 g/mol. The smallest absolute Gasteiger partial charge is 0.137 e. The van der Waals surface area contributed by atoms with E-state index in [1.165, 1.54) is 0 Å². The molecule has 2 rings (SSSR count). The molecule has 80 valence electrons. The largest absolute Gasteiger partial charge is 0.458 e. The Balaban J connectivity index is 2.43. The van der Waals surface area contributed by atoms with Crippen molar-refractivity contribution >= 4 is 11.0 Å². The predicted octanol–water partition coefficient (Wildman–Crippen LogP) is 3.57. The third kappa shape index (κ3) is 1.90. The van der Waals surface area contributed by atoms with Crippen molar-refractivity contribution in [3.63, 3.8) is 0 Å². The van der Waals surface area contributed by atoms with Crippen LogP contribution >= 0.6 is 0 Å². The van der Waals surface area contributed by atoms with Crippen LogP contribution in [0.1, 0.15) is 37.2 Å². The molecule has 1 unspecified atom stereocenters. The Bertz CT molecular complexity index is 457. The van der Waals surface area contributed by atoms with Gasteiger partial charge in [-0.05, 0) is 25.0 Å². The van der Waals surface area contributed by atoms with Crippen LogP contribution < -0.4 is 0 Å². The summed E-state index contributed by atoms with van der Waals surface area (Å²) in [6.45, 7) is 4.07. The molecule has 0 amide bonds. The molecule has 0 fully saturated rings. The molecule has 15 heavy (non-hydrogen) atoms. The average Bonchev–Trinajstić information content (AvgIpc) is 2.63. The summed E-state index contributed by atoms with van der Waals surface area (Å²) >= 11 is 0. The lowest BCUT2D eigenvalue weighted by atomic mass is 10.1. The fraction of sp³-hybridized carbons (Fsp3) is 0.385. The third-order valence-corrected chi connectivity index (χ3v) is 2.65. The van der Waals surface area contributed by atoms with Crippen LogP contribution in [0.25, 0.3) is 11.0 Å². The highest BCUT2D eigenvalue weighted by Crippen LogP contribution is 2.28. The highest BCUT2D eigenvalue weighted by atomic mass is 16.4. The first kappa shape index (κ1) is 10.2. The number of hydrogen-bond acceptors (Lipinski definition) is 2. The van der Waals surface area contributed by atoms with Gasteiger partial charge in [-0.25, -0.2) is 0 Å². The zero-order valence-electron chi connectivity index (χ0n) is 9.16. The lowest BCUT2D eigenvalue weighted by Crippen LogP contribution is -1.93. The molecule has 2 aromatic rings. The molecule has 1 heterocycles. The van der Waals surface area contributed by atoms with E-state index >= 15 is 0 Å². The zero-order valence-corrected chi connectivity index (χ0v) is 9.16. The molecule has 0 aliphatic carbocycles. The fourth-order valence-electron chi connectivity index (χ4n) is 1.81. The molecule has 2 nitrogen and oxygen atoms in total. The van der Waals surface area contributed by atoms with E-state index in [9.17, 15) is 5.11 Å². The molecule has 0 saturated heterocycles. The Morgan fingerprint density at radius 1 is 1.40 bits per heavy atom. The molecule has 0 spiro atoms. The molecular weight excluding hydrogens is 188 g/mol. The van der Waals surface area contributed by atoms with Crippen LogP contribution in [0.3, 0.4) is 0 Å². The molecule has 2 heteroatoms. The van der Waals surface area contributed by atoms with Crippen molar-refractivity contribution in [1.29, 1.82) is 0 Å². The predicted molar refractivity (Wildman–Crippen MR) is 60.8 cm³/mol. The maximum Gasteiger partial charge on any atom is 0.137 e. The SMILES string of the molecule is CCCC(O)c1cc2cccc(C)c2o1. The summed E-state index contributed by atoms with van der Waals surface area (Å²) in [5.74, 6) is 0.682. The monoisotopic (exact) mass is 204 g/mol. The number of furan rings is 1. The van der Waals surface area contributed by atoms with Crippen LogP contribution in [-0.4, -0.2) is 5.11 Å². The molecule has 0 saturated carbocycles. The summed E-state index contributed by atoms with van der Waals surface area (Å²) < 4.78 is 5.66. The van der Waals surface area contributed by atoms with Crippen molar-refractivity contribution < 1.29 is 9.52 Å². The molecule has 1 N–H and O–H groups in total. The van der Waals surface area contributed by atoms with Gasteiger partial charge in [0.15, 0.2) is 0 Å². The minimum atomic E-state index is -0.471. The van der Waals surface area contributed by atoms with E-state index < -0.39 is 6.10 Å². The summed E-state index contributed by atoms with van der Waals surface area (Å²) in [6.07, 6.45) is 1.23. The van der Waals surface area contributed by atoms with Crippen LogP contribution in [-0.2, 0) is 0 Å². The van der Waals surface area contributed by atoms with E-state index in [0.29, 0.717) is 5.76 Å². The van der Waals surface area contributed by atoms with Gasteiger partial charge in [-0.2, -0.15) is 0 Å². The van der Waals surface area contributed by atoms with E-state index in [1.807, 2.05) is 31.2 Å². The van der Waals surface area contributed by atoms with Crippen molar-refractivity contribution in [1.82, 2.24) is 0 Å². The van der Waals surface area contributed by atoms with Gasteiger partial charge in [-0.3, -0.25) is 0 Å². The van der Waals surface area contributed by atoms with E-state index in [4.69, 9.17) is 4.42 Å². The summed E-state index contributed by atoms with van der Waals surface area (Å²) in [5, 5.41) is 10.9. The Kier molecular flexibility index (Phi) is 2.78. The van der Waals surface area contributed by atoms with Crippen molar-refractivity contribution in [3.8, 4) is 0 Å². The number of fused-ring (bicyclic) bond motifs is 1. The maximum absolute atomic E-state index is 9.82. The van der Waals surface area contributed by atoms with Crippen LogP contribution in [0.4, 0.5) is 0 Å². The van der Waals surface area contributed by atoms with E-state index in [-0.39, 0.29) is 0 Å². The topological polar surface area (TPSA) is 33.4 Å². The van der Waals surface area contributed by atoms with Gasteiger partial charge in [0.05, 0.1) is 0 Å². The van der Waals surface area contributed by atoms with Crippen LogP contribution in [0, 0.1) is 6.92 Å². The first-order valence-electron chi connectivity index (χ1n) is 5.39. The second-order valence-electron chi connectivity index (χ2n) is 3.95. The maximum atomic E-state index is 9.82. The number of hydrogen-bond donors (Lipinski definition) is 1. The molecule has 0 aliphatic rings. The summed E-state index contributed by atoms with van der Waals surface area (Å²) in [5.41, 5.74) is 2.00. The lowest BCUT2D eigenvalue weighted by Gasteiger charge is -2.03. The number of benzene rings is 1. The second-order valence-corrected chi connectivity index (χ2v) is 3.95. The standard InChI is InChI=1S/C13H16O2/c1-3-5-11(14)12-8-10-7-4-6-9(2)13(10)15-12/h4,6-8,11,14H,3,5H2,1-2H3. The molecule has 1 atom stereocenters. The summed E-state index contributed by atoms with van der Waals surface area (Å²) in [7, 11) is 0. The Morgan fingerprint density at radius 2 is 2.20 bits per heavy atom. The van der Waals surface area contributed by atoms with E-state index in [2.05, 4.69) is 6.92 Å². The zero-order chi connectivity index (χ0) is 10.8. The first-order valence-corrected chi connectivity index (χ1v) is 5.39. The Labute approximate surface area is 89.5 Å². The van der Waals surface area contributed by atoms with Gasteiger partial charge in [0.2, 0.25) is 0 Å². The number of para-hydroxylation sites is 1. The van der Waals surface area contributed by atoms with Gasteiger partial charge in [-0.15, -0.1) is 0 Å². The molecule has 0 radical (unpaired) electrons. The summed E-state index contributed by atoms with van der Waals surface area (Å²) in [6, 6.07) is 7.96. The van der Waals surface area contributed by atoms with Crippen molar-refractivity contribution in [2.24, 2.45) is 0 Å². The lowest BCUT2D eigenvalue weighted by molar-refractivity contribution is 0.141. The highest BCUT2D eigenvalue weighted by Gasteiger charge is 2.12. The van der Waals surface area contributed by atoms with Gasteiger partial charge in [-0.1, -0.05) is 31.5 Å². The Morgan fingerprint density at radius 3 is 2.87 bits per heavy atom. The van der Waals surface area contributed by atoms with Gasteiger partial charge in [0.25, 0.3) is 0 Å². The quantitative estimate of drug-likeness (QED) is 0.829. The minimum Gasteiger partial charge on any atom is -0.458 e. The second kappa shape index (κ2) is 4.07. The molecular formula is C13H16O2. The third-order valence-electron chi connectivity index (χ3n) is 2.65. The number of aliphatic hydroxyl groups is 1. The van der Waals surface area contributed by atoms with E-state index in [0.717, 1.165) is 29.4 Å². The molecule has 0 bridgehead atoms. The Hall–Kier alpha value is -1.28. The minimum absolute atomic E-state index is 0.471. The highest BCUT2D eigenvalue weighted by molar-refractivity contribution is 5.80. The fourth-order valence-corrected chi connectivity index (χ4v) is 1.81. The molecule has 0 aliphatic heterocycles. The van der Waals surface area contributed by atoms with Crippen molar-refractivity contribution in [2.45, 2.75) is 32.8 Å². The van der Waals surface area contributed by atoms with Crippen LogP contribution in [0.15, 0.2) is 28.7 Å². The van der Waals surface area contributed by atoms with Crippen LogP contribution in [0.2, 0.25) is 0 Å². The van der Waals surface area contributed by atoms with Gasteiger partial charge < -0.3 is 9.52 Å². The molecule has 1 aromatic heterocycles. The first-order chi connectivity index (χ1) is 7.22. The van der Waals surface area contributed by atoms with Crippen LogP contribution in [0.5, 0.6) is 0 Å².